The first-order valence-electron chi connectivity index (χ1n) is 9.33. The standard InChI is InChI=1S/C19H18ClN7OS/c1-9(22-19-21-8-17(29-19)27-10(2)24-25-26-27)13-5-12-6-15(20)14(11-3-4-11)7-16(12)23-18(13)28/h5-9,11H,3-4H2,1-2H3,(H,21,22)(H,23,28)/t9-/m0/s1. The quantitative estimate of drug-likeness (QED) is 0.499. The molecular weight excluding hydrogens is 410 g/mol. The predicted molar refractivity (Wildman–Crippen MR) is 113 cm³/mol. The third kappa shape index (κ3) is 3.40. The first-order chi connectivity index (χ1) is 14.0. The number of anilines is 1. The molecule has 1 aliphatic rings. The molecule has 0 radical (unpaired) electrons. The molecule has 0 unspecified atom stereocenters. The van der Waals surface area contributed by atoms with Crippen LogP contribution in [-0.2, 0) is 0 Å². The van der Waals surface area contributed by atoms with Gasteiger partial charge in [-0.3, -0.25) is 4.79 Å². The molecule has 4 aromatic rings. The average molecular weight is 428 g/mol. The summed E-state index contributed by atoms with van der Waals surface area (Å²) in [6, 6.07) is 5.62. The molecule has 3 heterocycles. The van der Waals surface area contributed by atoms with Gasteiger partial charge in [0.15, 0.2) is 11.0 Å². The maximum Gasteiger partial charge on any atom is 0.253 e. The molecule has 3 aromatic heterocycles. The van der Waals surface area contributed by atoms with E-state index in [1.165, 1.54) is 11.3 Å². The van der Waals surface area contributed by atoms with Crippen molar-refractivity contribution >= 4 is 39.0 Å². The molecule has 10 heteroatoms. The summed E-state index contributed by atoms with van der Waals surface area (Å²) in [6.07, 6.45) is 4.02. The topological polar surface area (TPSA) is 101 Å². The molecule has 5 rings (SSSR count). The van der Waals surface area contributed by atoms with E-state index in [-0.39, 0.29) is 11.6 Å². The van der Waals surface area contributed by atoms with Crippen molar-refractivity contribution in [2.45, 2.75) is 38.6 Å². The number of nitrogens with zero attached hydrogens (tertiary/aromatic N) is 5. The van der Waals surface area contributed by atoms with Crippen LogP contribution in [0.5, 0.6) is 0 Å². The van der Waals surface area contributed by atoms with Crippen molar-refractivity contribution < 1.29 is 0 Å². The maximum absolute atomic E-state index is 12.7. The molecule has 0 spiro atoms. The van der Waals surface area contributed by atoms with Gasteiger partial charge in [0.2, 0.25) is 0 Å². The zero-order valence-corrected chi connectivity index (χ0v) is 17.4. The number of aromatic amines is 1. The summed E-state index contributed by atoms with van der Waals surface area (Å²) in [4.78, 5) is 20.1. The molecule has 1 saturated carbocycles. The Morgan fingerprint density at radius 2 is 2.17 bits per heavy atom. The summed E-state index contributed by atoms with van der Waals surface area (Å²) in [6.45, 7) is 3.75. The van der Waals surface area contributed by atoms with Crippen LogP contribution in [-0.4, -0.2) is 30.2 Å². The minimum Gasteiger partial charge on any atom is -0.355 e. The van der Waals surface area contributed by atoms with E-state index in [1.807, 2.05) is 32.0 Å². The van der Waals surface area contributed by atoms with E-state index in [4.69, 9.17) is 11.6 Å². The monoisotopic (exact) mass is 427 g/mol. The highest BCUT2D eigenvalue weighted by molar-refractivity contribution is 7.17. The van der Waals surface area contributed by atoms with E-state index in [0.29, 0.717) is 22.4 Å². The van der Waals surface area contributed by atoms with Crippen LogP contribution in [0.25, 0.3) is 15.9 Å². The molecule has 148 valence electrons. The number of pyridine rings is 1. The van der Waals surface area contributed by atoms with Crippen LogP contribution in [0.3, 0.4) is 0 Å². The summed E-state index contributed by atoms with van der Waals surface area (Å²) >= 11 is 7.89. The Bertz CT molecular complexity index is 1270. The SMILES string of the molecule is Cc1nnnn1-c1cnc(N[C@@H](C)c2cc3cc(Cl)c(C4CC4)cc3[nH]c2=O)s1. The van der Waals surface area contributed by atoms with Crippen LogP contribution < -0.4 is 10.9 Å². The first kappa shape index (κ1) is 18.3. The van der Waals surface area contributed by atoms with Gasteiger partial charge in [-0.25, -0.2) is 4.98 Å². The van der Waals surface area contributed by atoms with Crippen molar-refractivity contribution in [3.8, 4) is 5.00 Å². The Kier molecular flexibility index (Phi) is 4.36. The van der Waals surface area contributed by atoms with E-state index in [9.17, 15) is 4.79 Å². The Balaban J connectivity index is 1.43. The highest BCUT2D eigenvalue weighted by atomic mass is 35.5. The lowest BCUT2D eigenvalue weighted by molar-refractivity contribution is 0.788. The molecule has 2 N–H and O–H groups in total. The summed E-state index contributed by atoms with van der Waals surface area (Å²) in [5.74, 6) is 1.21. The van der Waals surface area contributed by atoms with Gasteiger partial charge in [0.25, 0.3) is 5.56 Å². The fourth-order valence-corrected chi connectivity index (χ4v) is 4.64. The second-order valence-corrected chi connectivity index (χ2v) is 8.71. The molecule has 0 amide bonds. The Morgan fingerprint density at radius 1 is 1.34 bits per heavy atom. The van der Waals surface area contributed by atoms with Crippen molar-refractivity contribution in [2.75, 3.05) is 5.32 Å². The van der Waals surface area contributed by atoms with Crippen LogP contribution >= 0.6 is 22.9 Å². The summed E-state index contributed by atoms with van der Waals surface area (Å²) in [5.41, 5.74) is 2.46. The molecule has 1 aliphatic carbocycles. The molecule has 0 bridgehead atoms. The van der Waals surface area contributed by atoms with Crippen molar-refractivity contribution in [1.29, 1.82) is 0 Å². The molecule has 0 saturated heterocycles. The van der Waals surface area contributed by atoms with E-state index >= 15 is 0 Å². The van der Waals surface area contributed by atoms with Gasteiger partial charge in [0.05, 0.1) is 12.2 Å². The van der Waals surface area contributed by atoms with Gasteiger partial charge in [-0.1, -0.05) is 22.9 Å². The zero-order chi connectivity index (χ0) is 20.1. The van der Waals surface area contributed by atoms with Crippen LogP contribution in [0.15, 0.2) is 29.2 Å². The number of aromatic nitrogens is 6. The third-order valence-corrected chi connectivity index (χ3v) is 6.37. The van der Waals surface area contributed by atoms with Crippen LogP contribution in [0.2, 0.25) is 5.02 Å². The number of nitrogens with one attached hydrogen (secondary N) is 2. The molecule has 1 fully saturated rings. The van der Waals surface area contributed by atoms with Crippen LogP contribution in [0.1, 0.15) is 48.7 Å². The Labute approximate surface area is 174 Å². The lowest BCUT2D eigenvalue weighted by atomic mass is 10.0. The van der Waals surface area contributed by atoms with E-state index in [2.05, 4.69) is 30.8 Å². The van der Waals surface area contributed by atoms with Gasteiger partial charge in [-0.2, -0.15) is 4.68 Å². The van der Waals surface area contributed by atoms with Gasteiger partial charge >= 0.3 is 0 Å². The lowest BCUT2D eigenvalue weighted by Gasteiger charge is -2.14. The summed E-state index contributed by atoms with van der Waals surface area (Å²) in [5, 5.41) is 17.9. The van der Waals surface area contributed by atoms with E-state index in [0.717, 1.165) is 39.3 Å². The van der Waals surface area contributed by atoms with Crippen molar-refractivity contribution in [3.05, 3.63) is 56.7 Å². The predicted octanol–water partition coefficient (Wildman–Crippen LogP) is 3.97. The van der Waals surface area contributed by atoms with E-state index in [1.54, 1.807) is 10.9 Å². The summed E-state index contributed by atoms with van der Waals surface area (Å²) < 4.78 is 1.62. The molecular formula is C19H18ClN7OS. The molecule has 29 heavy (non-hydrogen) atoms. The first-order valence-corrected chi connectivity index (χ1v) is 10.5. The second kappa shape index (κ2) is 6.93. The average Bonchev–Trinajstić information content (AvgIpc) is 3.28. The Hall–Kier alpha value is -2.78. The molecule has 1 atom stereocenters. The fraction of sp³-hybridized carbons (Fsp3) is 0.316. The van der Waals surface area contributed by atoms with Crippen LogP contribution in [0, 0.1) is 6.92 Å². The number of fused-ring (bicyclic) bond motifs is 1. The number of tetrazole rings is 1. The van der Waals surface area contributed by atoms with Gasteiger partial charge in [0.1, 0.15) is 5.00 Å². The van der Waals surface area contributed by atoms with Gasteiger partial charge < -0.3 is 10.3 Å². The molecule has 0 aliphatic heterocycles. The normalized spacial score (nSPS) is 15.0. The second-order valence-electron chi connectivity index (χ2n) is 7.30. The largest absolute Gasteiger partial charge is 0.355 e. The van der Waals surface area contributed by atoms with E-state index < -0.39 is 0 Å². The number of halogens is 1. The maximum atomic E-state index is 12.7. The highest BCUT2D eigenvalue weighted by Crippen LogP contribution is 2.44. The fourth-order valence-electron chi connectivity index (χ4n) is 3.42. The minimum atomic E-state index is -0.237. The van der Waals surface area contributed by atoms with Gasteiger partial charge in [0, 0.05) is 21.5 Å². The van der Waals surface area contributed by atoms with Gasteiger partial charge in [-0.15, -0.1) is 5.10 Å². The number of hydrogen-bond acceptors (Lipinski definition) is 7. The van der Waals surface area contributed by atoms with Crippen molar-refractivity contribution in [2.24, 2.45) is 0 Å². The van der Waals surface area contributed by atoms with Gasteiger partial charge in [-0.05, 0) is 66.8 Å². The lowest BCUT2D eigenvalue weighted by Crippen LogP contribution is -2.19. The minimum absolute atomic E-state index is 0.116. The Morgan fingerprint density at radius 3 is 2.90 bits per heavy atom. The molecule has 1 aromatic carbocycles. The number of H-pyrrole nitrogens is 1. The highest BCUT2D eigenvalue weighted by Gasteiger charge is 2.26. The van der Waals surface area contributed by atoms with Crippen molar-refractivity contribution in [3.63, 3.8) is 0 Å². The number of hydrogen-bond donors (Lipinski definition) is 2. The summed E-state index contributed by atoms with van der Waals surface area (Å²) in [7, 11) is 0. The van der Waals surface area contributed by atoms with Crippen molar-refractivity contribution in [1.82, 2.24) is 30.2 Å². The molecule has 8 nitrogen and oxygen atoms in total. The third-order valence-electron chi connectivity index (χ3n) is 5.14. The number of thiazole rings is 1. The number of aryl methyl sites for hydroxylation is 1. The smallest absolute Gasteiger partial charge is 0.253 e. The number of rotatable bonds is 5. The zero-order valence-electron chi connectivity index (χ0n) is 15.8. The van der Waals surface area contributed by atoms with Crippen LogP contribution in [0.4, 0.5) is 5.13 Å². The number of benzene rings is 1.